The average Bonchev–Trinajstić information content (AvgIpc) is 2.40. The largest absolute Gasteiger partial charge is 0.378 e. The van der Waals surface area contributed by atoms with Crippen LogP contribution in [0.1, 0.15) is 0 Å². The van der Waals surface area contributed by atoms with E-state index in [9.17, 15) is 8.42 Å². The lowest BCUT2D eigenvalue weighted by atomic mass is 10.2. The number of hydrogen-bond donors (Lipinski definition) is 2. The van der Waals surface area contributed by atoms with Gasteiger partial charge >= 0.3 is 0 Å². The Balaban J connectivity index is 2.06. The van der Waals surface area contributed by atoms with E-state index in [2.05, 4.69) is 15.0 Å². The summed E-state index contributed by atoms with van der Waals surface area (Å²) in [5, 5.41) is 3.15. The monoisotopic (exact) mass is 306 g/mol. The molecule has 0 aliphatic heterocycles. The lowest BCUT2D eigenvalue weighted by Crippen LogP contribution is -2.09. The van der Waals surface area contributed by atoms with E-state index in [1.54, 1.807) is 12.1 Å². The number of pyridine rings is 1. The molecule has 0 radical (unpaired) electrons. The molecule has 7 heteroatoms. The van der Waals surface area contributed by atoms with Gasteiger partial charge in [0.2, 0.25) is 10.0 Å². The predicted octanol–water partition coefficient (Wildman–Crippen LogP) is 2.26. The lowest BCUT2D eigenvalue weighted by molar-refractivity contribution is 0.607. The normalized spacial score (nSPS) is 11.0. The molecule has 0 bridgehead atoms. The molecule has 1 aromatic heterocycles. The minimum Gasteiger partial charge on any atom is -0.378 e. The number of nitrogens with one attached hydrogen (secondary N) is 2. The molecule has 6 nitrogen and oxygen atoms in total. The number of anilines is 4. The molecule has 0 aliphatic carbocycles. The van der Waals surface area contributed by atoms with Gasteiger partial charge in [0.25, 0.3) is 0 Å². The van der Waals surface area contributed by atoms with E-state index in [4.69, 9.17) is 0 Å². The Morgan fingerprint density at radius 3 is 2.10 bits per heavy atom. The Morgan fingerprint density at radius 2 is 1.62 bits per heavy atom. The summed E-state index contributed by atoms with van der Waals surface area (Å²) in [6.07, 6.45) is 2.57. The van der Waals surface area contributed by atoms with Crippen molar-refractivity contribution in [2.75, 3.05) is 35.3 Å². The van der Waals surface area contributed by atoms with E-state index < -0.39 is 10.0 Å². The van der Waals surface area contributed by atoms with Gasteiger partial charge in [-0.2, -0.15) is 0 Å². The maximum Gasteiger partial charge on any atom is 0.229 e. The van der Waals surface area contributed by atoms with Crippen LogP contribution < -0.4 is 14.9 Å². The summed E-state index contributed by atoms with van der Waals surface area (Å²) >= 11 is 0. The Hall–Kier alpha value is -2.28. The van der Waals surface area contributed by atoms with Crippen LogP contribution in [-0.2, 0) is 10.0 Å². The number of aromatic nitrogens is 1. The molecule has 112 valence electrons. The van der Waals surface area contributed by atoms with Crippen molar-refractivity contribution < 1.29 is 8.42 Å². The van der Waals surface area contributed by atoms with Gasteiger partial charge in [0.05, 0.1) is 18.1 Å². The Bertz CT molecular complexity index is 695. The highest BCUT2D eigenvalue weighted by molar-refractivity contribution is 7.92. The second kappa shape index (κ2) is 6.01. The van der Waals surface area contributed by atoms with Gasteiger partial charge in [-0.3, -0.25) is 4.72 Å². The van der Waals surface area contributed by atoms with Crippen molar-refractivity contribution in [3.63, 3.8) is 0 Å². The third-order valence-electron chi connectivity index (χ3n) is 2.72. The molecule has 0 aliphatic rings. The molecular weight excluding hydrogens is 288 g/mol. The summed E-state index contributed by atoms with van der Waals surface area (Å²) < 4.78 is 24.6. The van der Waals surface area contributed by atoms with Crippen molar-refractivity contribution in [3.8, 4) is 0 Å². The third kappa shape index (κ3) is 4.64. The fourth-order valence-electron chi connectivity index (χ4n) is 1.73. The first-order chi connectivity index (χ1) is 9.83. The smallest absolute Gasteiger partial charge is 0.229 e. The minimum atomic E-state index is -3.28. The van der Waals surface area contributed by atoms with E-state index >= 15 is 0 Å². The fraction of sp³-hybridized carbons (Fsp3) is 0.214. The van der Waals surface area contributed by atoms with E-state index in [1.807, 2.05) is 43.3 Å². The van der Waals surface area contributed by atoms with Crippen molar-refractivity contribution in [2.24, 2.45) is 0 Å². The van der Waals surface area contributed by atoms with Crippen LogP contribution in [0.2, 0.25) is 0 Å². The van der Waals surface area contributed by atoms with Crippen molar-refractivity contribution in [1.82, 2.24) is 4.98 Å². The summed E-state index contributed by atoms with van der Waals surface area (Å²) in [5.41, 5.74) is 2.46. The summed E-state index contributed by atoms with van der Waals surface area (Å²) in [5.74, 6) is 0.645. The average molecular weight is 306 g/mol. The molecule has 0 atom stereocenters. The van der Waals surface area contributed by atoms with Gasteiger partial charge in [0.1, 0.15) is 5.82 Å². The molecule has 0 saturated heterocycles. The number of rotatable bonds is 5. The summed E-state index contributed by atoms with van der Waals surface area (Å²) in [4.78, 5) is 6.19. The number of nitrogens with zero attached hydrogens (tertiary/aromatic N) is 2. The molecule has 0 saturated carbocycles. The predicted molar refractivity (Wildman–Crippen MR) is 86.8 cm³/mol. The van der Waals surface area contributed by atoms with Gasteiger partial charge in [-0.25, -0.2) is 13.4 Å². The van der Waals surface area contributed by atoms with E-state index in [0.717, 1.165) is 17.6 Å². The fourth-order valence-corrected chi connectivity index (χ4v) is 2.28. The zero-order valence-electron chi connectivity index (χ0n) is 12.2. The highest BCUT2D eigenvalue weighted by atomic mass is 32.2. The first-order valence-corrected chi connectivity index (χ1v) is 8.21. The Labute approximate surface area is 124 Å². The second-order valence-corrected chi connectivity index (χ2v) is 6.62. The number of sulfonamides is 1. The van der Waals surface area contributed by atoms with Crippen LogP contribution >= 0.6 is 0 Å². The van der Waals surface area contributed by atoms with E-state index in [1.165, 1.54) is 6.20 Å². The number of benzene rings is 1. The highest BCUT2D eigenvalue weighted by Gasteiger charge is 2.03. The van der Waals surface area contributed by atoms with Crippen molar-refractivity contribution in [1.29, 1.82) is 0 Å². The zero-order valence-corrected chi connectivity index (χ0v) is 13.0. The first kappa shape index (κ1) is 15.1. The van der Waals surface area contributed by atoms with Gasteiger partial charge < -0.3 is 10.2 Å². The van der Waals surface area contributed by atoms with Crippen molar-refractivity contribution >= 4 is 32.9 Å². The van der Waals surface area contributed by atoms with Crippen LogP contribution in [0.25, 0.3) is 0 Å². The van der Waals surface area contributed by atoms with Crippen LogP contribution in [0.5, 0.6) is 0 Å². The summed E-state index contributed by atoms with van der Waals surface area (Å²) in [7, 11) is 0.690. The maximum absolute atomic E-state index is 11.1. The standard InChI is InChI=1S/C14H18N4O2S/c1-18(2)13-7-4-11(5-8-13)16-14-9-6-12(10-15-14)17-21(3,19)20/h4-10,17H,1-3H3,(H,15,16). The van der Waals surface area contributed by atoms with Crippen molar-refractivity contribution in [3.05, 3.63) is 42.6 Å². The molecular formula is C14H18N4O2S. The number of hydrogen-bond acceptors (Lipinski definition) is 5. The van der Waals surface area contributed by atoms with Crippen LogP contribution in [0.15, 0.2) is 42.6 Å². The van der Waals surface area contributed by atoms with E-state index in [0.29, 0.717) is 11.5 Å². The first-order valence-electron chi connectivity index (χ1n) is 6.32. The van der Waals surface area contributed by atoms with Gasteiger partial charge in [-0.15, -0.1) is 0 Å². The zero-order chi connectivity index (χ0) is 15.5. The van der Waals surface area contributed by atoms with Crippen LogP contribution in [-0.4, -0.2) is 33.8 Å². The molecule has 1 aromatic carbocycles. The van der Waals surface area contributed by atoms with Gasteiger partial charge in [0, 0.05) is 25.5 Å². The molecule has 2 aromatic rings. The molecule has 2 N–H and O–H groups in total. The van der Waals surface area contributed by atoms with E-state index in [-0.39, 0.29) is 0 Å². The molecule has 0 spiro atoms. The Morgan fingerprint density at radius 1 is 1.00 bits per heavy atom. The molecule has 21 heavy (non-hydrogen) atoms. The highest BCUT2D eigenvalue weighted by Crippen LogP contribution is 2.19. The second-order valence-electron chi connectivity index (χ2n) is 4.87. The Kier molecular flexibility index (Phi) is 4.32. The maximum atomic E-state index is 11.1. The SMILES string of the molecule is CN(C)c1ccc(Nc2ccc(NS(C)(=O)=O)cn2)cc1. The van der Waals surface area contributed by atoms with Crippen LogP contribution in [0.3, 0.4) is 0 Å². The third-order valence-corrected chi connectivity index (χ3v) is 3.33. The van der Waals surface area contributed by atoms with Crippen molar-refractivity contribution in [2.45, 2.75) is 0 Å². The minimum absolute atomic E-state index is 0.436. The molecule has 0 unspecified atom stereocenters. The van der Waals surface area contributed by atoms with Gasteiger partial charge in [-0.1, -0.05) is 0 Å². The molecule has 0 amide bonds. The van der Waals surface area contributed by atoms with Gasteiger partial charge in [0.15, 0.2) is 0 Å². The van der Waals surface area contributed by atoms with Crippen LogP contribution in [0.4, 0.5) is 22.9 Å². The molecule has 1 heterocycles. The molecule has 0 fully saturated rings. The summed E-state index contributed by atoms with van der Waals surface area (Å²) in [6, 6.07) is 11.3. The molecule has 2 rings (SSSR count). The van der Waals surface area contributed by atoms with Crippen LogP contribution in [0, 0.1) is 0 Å². The topological polar surface area (TPSA) is 74.3 Å². The van der Waals surface area contributed by atoms with Gasteiger partial charge in [-0.05, 0) is 36.4 Å². The lowest BCUT2D eigenvalue weighted by Gasteiger charge is -2.13. The quantitative estimate of drug-likeness (QED) is 0.886. The summed E-state index contributed by atoms with van der Waals surface area (Å²) in [6.45, 7) is 0.